The summed E-state index contributed by atoms with van der Waals surface area (Å²) in [5.41, 5.74) is 2.02. The summed E-state index contributed by atoms with van der Waals surface area (Å²) in [4.78, 5) is 4.06. The van der Waals surface area contributed by atoms with Crippen LogP contribution in [0.1, 0.15) is 0 Å². The highest BCUT2D eigenvalue weighted by molar-refractivity contribution is 9.10. The Morgan fingerprint density at radius 1 is 1.21 bits per heavy atom. The van der Waals surface area contributed by atoms with Gasteiger partial charge in [0.15, 0.2) is 0 Å². The van der Waals surface area contributed by atoms with Crippen LogP contribution in [0.2, 0.25) is 5.02 Å². The van der Waals surface area contributed by atoms with E-state index in [1.54, 1.807) is 12.4 Å². The first-order valence-corrected chi connectivity index (χ1v) is 5.30. The SMILES string of the molecule is Clc1ccc(Br)cc1-c1cccnc1. The topological polar surface area (TPSA) is 12.9 Å². The molecular formula is C11H7BrClN. The summed E-state index contributed by atoms with van der Waals surface area (Å²) in [6.07, 6.45) is 3.54. The first-order valence-electron chi connectivity index (χ1n) is 4.13. The van der Waals surface area contributed by atoms with Crippen LogP contribution in [0.5, 0.6) is 0 Å². The Labute approximate surface area is 95.9 Å². The van der Waals surface area contributed by atoms with Gasteiger partial charge in [0.05, 0.1) is 0 Å². The van der Waals surface area contributed by atoms with E-state index in [0.29, 0.717) is 0 Å². The zero-order valence-corrected chi connectivity index (χ0v) is 9.59. The second-order valence-electron chi connectivity index (χ2n) is 2.87. The Hall–Kier alpha value is -0.860. The van der Waals surface area contributed by atoms with Gasteiger partial charge in [-0.15, -0.1) is 0 Å². The number of rotatable bonds is 1. The standard InChI is InChI=1S/C11H7BrClN/c12-9-3-4-11(13)10(6-9)8-2-1-5-14-7-8/h1-7H. The summed E-state index contributed by atoms with van der Waals surface area (Å²) in [6.45, 7) is 0. The zero-order valence-electron chi connectivity index (χ0n) is 7.24. The molecule has 0 N–H and O–H groups in total. The lowest BCUT2D eigenvalue weighted by Gasteiger charge is -2.03. The van der Waals surface area contributed by atoms with Crippen LogP contribution in [0.25, 0.3) is 11.1 Å². The average Bonchev–Trinajstić information content (AvgIpc) is 2.23. The first kappa shape index (κ1) is 9.69. The Balaban J connectivity index is 2.57. The molecular weight excluding hydrogens is 261 g/mol. The van der Waals surface area contributed by atoms with Crippen molar-refractivity contribution < 1.29 is 0 Å². The fraction of sp³-hybridized carbons (Fsp3) is 0. The van der Waals surface area contributed by atoms with E-state index in [0.717, 1.165) is 20.6 Å². The van der Waals surface area contributed by atoms with Crippen LogP contribution in [-0.2, 0) is 0 Å². The summed E-state index contributed by atoms with van der Waals surface area (Å²) in [6, 6.07) is 9.66. The molecule has 0 aliphatic heterocycles. The van der Waals surface area contributed by atoms with E-state index in [9.17, 15) is 0 Å². The van der Waals surface area contributed by atoms with E-state index in [1.165, 1.54) is 0 Å². The monoisotopic (exact) mass is 267 g/mol. The maximum absolute atomic E-state index is 6.08. The molecule has 1 heterocycles. The number of hydrogen-bond acceptors (Lipinski definition) is 1. The van der Waals surface area contributed by atoms with Crippen LogP contribution < -0.4 is 0 Å². The second kappa shape index (κ2) is 4.11. The van der Waals surface area contributed by atoms with Gasteiger partial charge in [-0.1, -0.05) is 33.6 Å². The number of aromatic nitrogens is 1. The third-order valence-electron chi connectivity index (χ3n) is 1.90. The van der Waals surface area contributed by atoms with Gasteiger partial charge in [0, 0.05) is 33.0 Å². The van der Waals surface area contributed by atoms with E-state index in [4.69, 9.17) is 11.6 Å². The lowest BCUT2D eigenvalue weighted by molar-refractivity contribution is 1.33. The molecule has 70 valence electrons. The van der Waals surface area contributed by atoms with Crippen molar-refractivity contribution in [1.82, 2.24) is 4.98 Å². The third kappa shape index (κ3) is 1.97. The summed E-state index contributed by atoms with van der Waals surface area (Å²) in [5.74, 6) is 0. The number of benzene rings is 1. The molecule has 14 heavy (non-hydrogen) atoms. The van der Waals surface area contributed by atoms with Gasteiger partial charge in [0.2, 0.25) is 0 Å². The molecule has 0 amide bonds. The van der Waals surface area contributed by atoms with E-state index >= 15 is 0 Å². The highest BCUT2D eigenvalue weighted by Crippen LogP contribution is 2.29. The summed E-state index contributed by atoms with van der Waals surface area (Å²) in [7, 11) is 0. The van der Waals surface area contributed by atoms with Crippen LogP contribution >= 0.6 is 27.5 Å². The molecule has 0 bridgehead atoms. The Kier molecular flexibility index (Phi) is 2.85. The van der Waals surface area contributed by atoms with Crippen molar-refractivity contribution in [2.75, 3.05) is 0 Å². The van der Waals surface area contributed by atoms with Crippen LogP contribution in [-0.4, -0.2) is 4.98 Å². The fourth-order valence-electron chi connectivity index (χ4n) is 1.24. The molecule has 1 aromatic heterocycles. The molecule has 0 fully saturated rings. The second-order valence-corrected chi connectivity index (χ2v) is 4.19. The smallest absolute Gasteiger partial charge is 0.0485 e. The minimum Gasteiger partial charge on any atom is -0.264 e. The van der Waals surface area contributed by atoms with Crippen LogP contribution in [0.4, 0.5) is 0 Å². The largest absolute Gasteiger partial charge is 0.264 e. The van der Waals surface area contributed by atoms with Crippen LogP contribution in [0.15, 0.2) is 47.2 Å². The predicted molar refractivity (Wildman–Crippen MR) is 62.4 cm³/mol. The van der Waals surface area contributed by atoms with Gasteiger partial charge >= 0.3 is 0 Å². The lowest BCUT2D eigenvalue weighted by atomic mass is 10.1. The van der Waals surface area contributed by atoms with Crippen LogP contribution in [0.3, 0.4) is 0 Å². The van der Waals surface area contributed by atoms with E-state index in [2.05, 4.69) is 20.9 Å². The molecule has 0 radical (unpaired) electrons. The molecule has 0 spiro atoms. The average molecular weight is 269 g/mol. The molecule has 0 saturated heterocycles. The summed E-state index contributed by atoms with van der Waals surface area (Å²) in [5, 5.41) is 0.737. The molecule has 2 aromatic rings. The molecule has 0 saturated carbocycles. The van der Waals surface area contributed by atoms with Crippen molar-refractivity contribution in [2.45, 2.75) is 0 Å². The lowest BCUT2D eigenvalue weighted by Crippen LogP contribution is -1.80. The minimum atomic E-state index is 0.737. The number of pyridine rings is 1. The molecule has 0 aliphatic rings. The van der Waals surface area contributed by atoms with Crippen molar-refractivity contribution in [1.29, 1.82) is 0 Å². The van der Waals surface area contributed by atoms with Crippen molar-refractivity contribution in [3.8, 4) is 11.1 Å². The first-order chi connectivity index (χ1) is 6.77. The molecule has 1 aromatic carbocycles. The highest BCUT2D eigenvalue weighted by Gasteiger charge is 2.03. The van der Waals surface area contributed by atoms with Crippen molar-refractivity contribution in [3.63, 3.8) is 0 Å². The van der Waals surface area contributed by atoms with Gasteiger partial charge in [-0.2, -0.15) is 0 Å². The molecule has 3 heteroatoms. The molecule has 0 unspecified atom stereocenters. The number of halogens is 2. The van der Waals surface area contributed by atoms with Crippen molar-refractivity contribution in [2.24, 2.45) is 0 Å². The molecule has 0 aliphatic carbocycles. The van der Waals surface area contributed by atoms with Gasteiger partial charge in [0.1, 0.15) is 0 Å². The van der Waals surface area contributed by atoms with Gasteiger partial charge < -0.3 is 0 Å². The summed E-state index contributed by atoms with van der Waals surface area (Å²) < 4.78 is 1.01. The maximum Gasteiger partial charge on any atom is 0.0485 e. The Bertz CT molecular complexity index is 442. The van der Waals surface area contributed by atoms with Gasteiger partial charge in [-0.05, 0) is 24.3 Å². The highest BCUT2D eigenvalue weighted by atomic mass is 79.9. The quantitative estimate of drug-likeness (QED) is 0.756. The molecule has 0 atom stereocenters. The third-order valence-corrected chi connectivity index (χ3v) is 2.72. The Morgan fingerprint density at radius 3 is 2.79 bits per heavy atom. The zero-order chi connectivity index (χ0) is 9.97. The van der Waals surface area contributed by atoms with Gasteiger partial charge in [0.25, 0.3) is 0 Å². The summed E-state index contributed by atoms with van der Waals surface area (Å²) >= 11 is 9.50. The maximum atomic E-state index is 6.08. The predicted octanol–water partition coefficient (Wildman–Crippen LogP) is 4.16. The van der Waals surface area contributed by atoms with E-state index in [-0.39, 0.29) is 0 Å². The Morgan fingerprint density at radius 2 is 2.07 bits per heavy atom. The van der Waals surface area contributed by atoms with Crippen molar-refractivity contribution in [3.05, 3.63) is 52.2 Å². The number of hydrogen-bond donors (Lipinski definition) is 0. The molecule has 2 rings (SSSR count). The fourth-order valence-corrected chi connectivity index (χ4v) is 1.83. The van der Waals surface area contributed by atoms with Gasteiger partial charge in [-0.3, -0.25) is 4.98 Å². The minimum absolute atomic E-state index is 0.737. The van der Waals surface area contributed by atoms with Crippen molar-refractivity contribution >= 4 is 27.5 Å². The van der Waals surface area contributed by atoms with E-state index in [1.807, 2.05) is 30.3 Å². The van der Waals surface area contributed by atoms with E-state index < -0.39 is 0 Å². The normalized spacial score (nSPS) is 10.1. The molecule has 1 nitrogen and oxygen atoms in total. The van der Waals surface area contributed by atoms with Gasteiger partial charge in [-0.25, -0.2) is 0 Å². The number of nitrogens with zero attached hydrogens (tertiary/aromatic N) is 1. The van der Waals surface area contributed by atoms with Crippen LogP contribution in [0, 0.1) is 0 Å².